The molecule has 0 heterocycles. The number of benzene rings is 3. The second kappa shape index (κ2) is 9.36. The van der Waals surface area contributed by atoms with Crippen molar-refractivity contribution in [1.29, 1.82) is 5.26 Å². The van der Waals surface area contributed by atoms with Gasteiger partial charge in [0.2, 0.25) is 0 Å². The molecule has 1 atom stereocenters. The normalized spacial score (nSPS) is 12.8. The first-order valence-corrected chi connectivity index (χ1v) is 10.4. The Hall–Kier alpha value is -4.11. The number of rotatable bonds is 7. The van der Waals surface area contributed by atoms with Gasteiger partial charge in [0.25, 0.3) is 0 Å². The third-order valence-corrected chi connectivity index (χ3v) is 5.64. The second-order valence-corrected chi connectivity index (χ2v) is 7.76. The smallest absolute Gasteiger partial charge is 0.407 e. The zero-order chi connectivity index (χ0) is 22.5. The second-order valence-electron chi connectivity index (χ2n) is 7.76. The van der Waals surface area contributed by atoms with E-state index in [4.69, 9.17) is 10.00 Å². The third-order valence-electron chi connectivity index (χ3n) is 5.64. The lowest BCUT2D eigenvalue weighted by molar-refractivity contribution is -0.306. The van der Waals surface area contributed by atoms with Crippen LogP contribution in [0.1, 0.15) is 34.6 Å². The van der Waals surface area contributed by atoms with Crippen LogP contribution in [0.4, 0.5) is 4.79 Å². The Morgan fingerprint density at radius 1 is 0.969 bits per heavy atom. The van der Waals surface area contributed by atoms with E-state index in [1.54, 1.807) is 24.3 Å². The highest BCUT2D eigenvalue weighted by Crippen LogP contribution is 2.44. The fraction of sp³-hybridized carbons (Fsp3) is 0.192. The summed E-state index contributed by atoms with van der Waals surface area (Å²) in [5, 5.41) is 22.7. The van der Waals surface area contributed by atoms with Gasteiger partial charge in [0.05, 0.1) is 11.6 Å². The number of nitrogens with zero attached hydrogens (tertiary/aromatic N) is 1. The molecule has 32 heavy (non-hydrogen) atoms. The molecule has 0 fully saturated rings. The van der Waals surface area contributed by atoms with E-state index in [2.05, 4.69) is 17.4 Å². The molecule has 0 aromatic heterocycles. The van der Waals surface area contributed by atoms with Crippen LogP contribution in [0.25, 0.3) is 11.1 Å². The molecule has 0 spiro atoms. The number of alkyl carbamates (subject to hydrolysis) is 1. The molecule has 0 saturated carbocycles. The summed E-state index contributed by atoms with van der Waals surface area (Å²) in [5.74, 6) is -1.34. The maximum atomic E-state index is 12.5. The number of carbonyl (C=O) groups is 2. The molecular formula is C26H21N2O4-. The lowest BCUT2D eigenvalue weighted by atomic mass is 9.98. The van der Waals surface area contributed by atoms with Gasteiger partial charge in [-0.25, -0.2) is 4.79 Å². The zero-order valence-corrected chi connectivity index (χ0v) is 17.3. The first kappa shape index (κ1) is 21.1. The van der Waals surface area contributed by atoms with Gasteiger partial charge in [-0.3, -0.25) is 0 Å². The molecule has 0 saturated heterocycles. The summed E-state index contributed by atoms with van der Waals surface area (Å²) in [7, 11) is 0. The summed E-state index contributed by atoms with van der Waals surface area (Å²) in [6, 6.07) is 24.2. The number of carbonyl (C=O) groups excluding carboxylic acids is 2. The van der Waals surface area contributed by atoms with Crippen molar-refractivity contribution in [1.82, 2.24) is 5.32 Å². The Morgan fingerprint density at radius 2 is 1.56 bits per heavy atom. The molecular weight excluding hydrogens is 404 g/mol. The molecule has 6 nitrogen and oxygen atoms in total. The van der Waals surface area contributed by atoms with Crippen molar-refractivity contribution in [2.45, 2.75) is 24.8 Å². The molecule has 1 aliphatic carbocycles. The third kappa shape index (κ3) is 4.62. The molecule has 4 rings (SSSR count). The summed E-state index contributed by atoms with van der Waals surface area (Å²) in [4.78, 5) is 23.7. The molecule has 0 bridgehead atoms. The van der Waals surface area contributed by atoms with Crippen LogP contribution in [-0.4, -0.2) is 24.7 Å². The highest BCUT2D eigenvalue weighted by atomic mass is 16.5. The number of carboxylic acids is 1. The highest BCUT2D eigenvalue weighted by Gasteiger charge is 2.29. The van der Waals surface area contributed by atoms with Crippen LogP contribution in [0.5, 0.6) is 0 Å². The molecule has 3 aromatic rings. The van der Waals surface area contributed by atoms with Gasteiger partial charge in [0.15, 0.2) is 0 Å². The quantitative estimate of drug-likeness (QED) is 0.627. The Labute approximate surface area is 186 Å². The number of aliphatic carboxylic acids is 1. The lowest BCUT2D eigenvalue weighted by Gasteiger charge is -2.20. The number of amides is 1. The van der Waals surface area contributed by atoms with Crippen molar-refractivity contribution in [3.63, 3.8) is 0 Å². The summed E-state index contributed by atoms with van der Waals surface area (Å²) >= 11 is 0. The molecule has 160 valence electrons. The van der Waals surface area contributed by atoms with Gasteiger partial charge in [-0.2, -0.15) is 5.26 Å². The van der Waals surface area contributed by atoms with Gasteiger partial charge < -0.3 is 20.0 Å². The molecule has 1 N–H and O–H groups in total. The molecule has 3 aromatic carbocycles. The van der Waals surface area contributed by atoms with Crippen LogP contribution in [-0.2, 0) is 16.0 Å². The number of hydrogen-bond acceptors (Lipinski definition) is 5. The minimum absolute atomic E-state index is 0.0775. The van der Waals surface area contributed by atoms with Crippen LogP contribution in [0, 0.1) is 11.3 Å². The van der Waals surface area contributed by atoms with E-state index in [9.17, 15) is 14.7 Å². The summed E-state index contributed by atoms with van der Waals surface area (Å²) in [6.07, 6.45) is -0.736. The van der Waals surface area contributed by atoms with Crippen molar-refractivity contribution in [2.24, 2.45) is 0 Å². The molecule has 1 amide bonds. The van der Waals surface area contributed by atoms with E-state index in [1.807, 2.05) is 42.5 Å². The van der Waals surface area contributed by atoms with Crippen molar-refractivity contribution in [3.8, 4) is 17.2 Å². The number of hydrogen-bond donors (Lipinski definition) is 1. The average Bonchev–Trinajstić information content (AvgIpc) is 3.11. The van der Waals surface area contributed by atoms with Gasteiger partial charge in [-0.05, 0) is 46.4 Å². The van der Waals surface area contributed by atoms with E-state index in [-0.39, 0.29) is 25.4 Å². The molecule has 0 unspecified atom stereocenters. The van der Waals surface area contributed by atoms with Crippen LogP contribution < -0.4 is 10.4 Å². The van der Waals surface area contributed by atoms with Crippen LogP contribution >= 0.6 is 0 Å². The average molecular weight is 425 g/mol. The van der Waals surface area contributed by atoms with Gasteiger partial charge in [-0.15, -0.1) is 0 Å². The summed E-state index contributed by atoms with van der Waals surface area (Å²) < 4.78 is 5.52. The van der Waals surface area contributed by atoms with E-state index in [0.29, 0.717) is 5.56 Å². The van der Waals surface area contributed by atoms with Crippen molar-refractivity contribution in [3.05, 3.63) is 95.1 Å². The number of nitrogens with one attached hydrogen (secondary N) is 1. The Morgan fingerprint density at radius 3 is 2.12 bits per heavy atom. The molecule has 1 aliphatic rings. The Balaban J connectivity index is 1.42. The number of fused-ring (bicyclic) bond motifs is 3. The first-order chi connectivity index (χ1) is 15.5. The topological polar surface area (TPSA) is 102 Å². The van der Waals surface area contributed by atoms with Gasteiger partial charge in [0.1, 0.15) is 6.61 Å². The van der Waals surface area contributed by atoms with Gasteiger partial charge >= 0.3 is 6.09 Å². The Bertz CT molecular complexity index is 1140. The summed E-state index contributed by atoms with van der Waals surface area (Å²) in [6.45, 7) is 0.148. The van der Waals surface area contributed by atoms with Gasteiger partial charge in [-0.1, -0.05) is 60.7 Å². The maximum absolute atomic E-state index is 12.5. The number of carboxylic acid groups (broad SMARTS) is 1. The predicted octanol–water partition coefficient (Wildman–Crippen LogP) is 3.15. The first-order valence-electron chi connectivity index (χ1n) is 10.4. The minimum atomic E-state index is -1.26. The maximum Gasteiger partial charge on any atom is 0.407 e. The lowest BCUT2D eigenvalue weighted by Crippen LogP contribution is -2.41. The highest BCUT2D eigenvalue weighted by molar-refractivity contribution is 5.79. The van der Waals surface area contributed by atoms with Crippen molar-refractivity contribution >= 4 is 12.1 Å². The minimum Gasteiger partial charge on any atom is -0.550 e. The standard InChI is InChI=1S/C26H22N2O4/c27-15-18-11-9-17(10-12-18)13-19(14-25(29)30)28-26(31)32-16-24-22-7-3-1-5-20(22)21-6-2-4-8-23(21)24/h1-12,19,24H,13-14,16H2,(H,28,31)(H,29,30)/p-1/t19-/m1/s1. The van der Waals surface area contributed by atoms with E-state index < -0.39 is 18.1 Å². The van der Waals surface area contributed by atoms with Crippen LogP contribution in [0.15, 0.2) is 72.8 Å². The molecule has 0 aliphatic heterocycles. The van der Waals surface area contributed by atoms with E-state index >= 15 is 0 Å². The molecule has 6 heteroatoms. The number of nitriles is 1. The SMILES string of the molecule is N#Cc1ccc(C[C@H](CC(=O)[O-])NC(=O)OCC2c3ccccc3-c3ccccc32)cc1. The van der Waals surface area contributed by atoms with E-state index in [0.717, 1.165) is 27.8 Å². The van der Waals surface area contributed by atoms with Crippen LogP contribution in [0.3, 0.4) is 0 Å². The van der Waals surface area contributed by atoms with Crippen molar-refractivity contribution < 1.29 is 19.4 Å². The Kier molecular flexibility index (Phi) is 6.18. The fourth-order valence-corrected chi connectivity index (χ4v) is 4.18. The largest absolute Gasteiger partial charge is 0.550 e. The van der Waals surface area contributed by atoms with Crippen LogP contribution in [0.2, 0.25) is 0 Å². The zero-order valence-electron chi connectivity index (χ0n) is 17.3. The van der Waals surface area contributed by atoms with Crippen molar-refractivity contribution in [2.75, 3.05) is 6.61 Å². The monoisotopic (exact) mass is 425 g/mol. The predicted molar refractivity (Wildman–Crippen MR) is 116 cm³/mol. The van der Waals surface area contributed by atoms with E-state index in [1.165, 1.54) is 0 Å². The fourth-order valence-electron chi connectivity index (χ4n) is 4.18. The summed E-state index contributed by atoms with van der Waals surface area (Å²) in [5.41, 5.74) is 5.78. The van der Waals surface area contributed by atoms with Gasteiger partial charge in [0, 0.05) is 24.3 Å². The molecule has 0 radical (unpaired) electrons. The number of ether oxygens (including phenoxy) is 1.